The average molecular weight is 1200 g/mol. The van der Waals surface area contributed by atoms with Crippen LogP contribution in [-0.4, -0.2) is 17.5 Å². The van der Waals surface area contributed by atoms with E-state index in [1.165, 1.54) is 196 Å². The number of aromatic nitrogens is 4. The van der Waals surface area contributed by atoms with Gasteiger partial charge in [-0.05, 0) is 134 Å². The third-order valence-corrected chi connectivity index (χ3v) is 25.2. The highest BCUT2D eigenvalue weighted by atomic mass is 32.1. The summed E-state index contributed by atoms with van der Waals surface area (Å²) in [6, 6.07) is 27.8. The lowest BCUT2D eigenvalue weighted by atomic mass is 9.65. The lowest BCUT2D eigenvalue weighted by Crippen LogP contribution is -2.31. The standard InChI is InChI=1S/C65H76N6S8/c1-7-13-17-19-23-41-25-27-51(72-41)53-31-29-49(74-53)43-33-47(66)57(61-59(43)68-78-70-61)55-35-45-63(76-55)64-46(65(45,37-39(11-5)21-15-9-3)38-40(12-6)22-16-10-4)36-56(77-64)58-48(67)34-44(60-62(58)71-79-69-60)50-30-32-54(75-50)52-28-26-42(73-52)24-20-18-14-8-2/h25-36,39-40H,7-24,37-38,66-67H2,1-6H3. The smallest absolute Gasteiger partial charge is 0.116 e. The number of nitrogens with two attached hydrogens (primary N) is 2. The summed E-state index contributed by atoms with van der Waals surface area (Å²) >= 11 is 14.0. The van der Waals surface area contributed by atoms with Crippen molar-refractivity contribution in [3.8, 4) is 71.0 Å². The van der Waals surface area contributed by atoms with Crippen molar-refractivity contribution >= 4 is 125 Å². The molecule has 0 bridgehead atoms. The minimum atomic E-state index is -0.172. The van der Waals surface area contributed by atoms with Crippen molar-refractivity contribution < 1.29 is 0 Å². The second-order valence-electron chi connectivity index (χ2n) is 22.2. The molecule has 79 heavy (non-hydrogen) atoms. The van der Waals surface area contributed by atoms with E-state index in [0.717, 1.165) is 81.4 Å². The molecule has 10 aromatic rings. The maximum atomic E-state index is 7.38. The molecule has 0 aliphatic heterocycles. The summed E-state index contributed by atoms with van der Waals surface area (Å²) in [6.07, 6.45) is 24.6. The number of unbranched alkanes of at least 4 members (excludes halogenated alkanes) is 8. The fourth-order valence-corrected chi connectivity index (χ4v) is 20.7. The molecule has 1 aliphatic rings. The summed E-state index contributed by atoms with van der Waals surface area (Å²) in [5, 5.41) is 0. The Bertz CT molecular complexity index is 3410. The number of nitrogens with zero attached hydrogens (tertiary/aromatic N) is 4. The lowest BCUT2D eigenvalue weighted by molar-refractivity contribution is 0.266. The van der Waals surface area contributed by atoms with Gasteiger partial charge in [0.1, 0.15) is 22.1 Å². The molecule has 0 spiro atoms. The summed E-state index contributed by atoms with van der Waals surface area (Å²) in [6.45, 7) is 14.1. The first-order chi connectivity index (χ1) is 38.7. The van der Waals surface area contributed by atoms with Crippen LogP contribution in [0.1, 0.15) is 178 Å². The van der Waals surface area contributed by atoms with Gasteiger partial charge in [0.25, 0.3) is 0 Å². The molecular formula is C65H76N6S8. The molecule has 2 aromatic carbocycles. The zero-order valence-electron chi connectivity index (χ0n) is 46.9. The van der Waals surface area contributed by atoms with Gasteiger partial charge in [0, 0.05) is 97.6 Å². The van der Waals surface area contributed by atoms with E-state index in [0.29, 0.717) is 11.8 Å². The molecule has 8 aromatic heterocycles. The molecule has 11 rings (SSSR count). The molecule has 6 nitrogen and oxygen atoms in total. The fraction of sp³-hybridized carbons (Fsp3) is 0.446. The van der Waals surface area contributed by atoms with E-state index in [9.17, 15) is 0 Å². The number of nitrogen functional groups attached to an aromatic ring is 2. The van der Waals surface area contributed by atoms with Crippen LogP contribution < -0.4 is 11.5 Å². The fourth-order valence-electron chi connectivity index (χ4n) is 12.4. The van der Waals surface area contributed by atoms with Crippen LogP contribution in [-0.2, 0) is 18.3 Å². The van der Waals surface area contributed by atoms with Crippen LogP contribution in [0, 0.1) is 11.8 Å². The van der Waals surface area contributed by atoms with Gasteiger partial charge in [0.2, 0.25) is 0 Å². The van der Waals surface area contributed by atoms with E-state index in [2.05, 4.69) is 114 Å². The summed E-state index contributed by atoms with van der Waals surface area (Å²) in [4.78, 5) is 15.7. The molecule has 8 heterocycles. The topological polar surface area (TPSA) is 104 Å². The zero-order chi connectivity index (χ0) is 54.6. The second kappa shape index (κ2) is 25.6. The highest BCUT2D eigenvalue weighted by Gasteiger charge is 2.48. The Morgan fingerprint density at radius 2 is 0.797 bits per heavy atom. The molecule has 2 unspecified atom stereocenters. The Hall–Kier alpha value is -4.12. The third-order valence-electron chi connectivity index (χ3n) is 16.8. The molecule has 0 radical (unpaired) electrons. The van der Waals surface area contributed by atoms with Gasteiger partial charge in [0.05, 0.1) is 23.5 Å². The van der Waals surface area contributed by atoms with Crippen LogP contribution >= 0.6 is 91.5 Å². The van der Waals surface area contributed by atoms with Gasteiger partial charge in [-0.25, -0.2) is 0 Å². The second-order valence-corrected chi connectivity index (χ2v) is 29.9. The first kappa shape index (κ1) is 56.7. The van der Waals surface area contributed by atoms with Crippen molar-refractivity contribution in [1.82, 2.24) is 17.5 Å². The maximum absolute atomic E-state index is 7.38. The maximum Gasteiger partial charge on any atom is 0.116 e. The van der Waals surface area contributed by atoms with Gasteiger partial charge >= 0.3 is 0 Å². The lowest BCUT2D eigenvalue weighted by Gasteiger charge is -2.37. The largest absolute Gasteiger partial charge is 0.398 e. The van der Waals surface area contributed by atoms with Crippen molar-refractivity contribution in [1.29, 1.82) is 0 Å². The van der Waals surface area contributed by atoms with E-state index >= 15 is 0 Å². The molecule has 1 aliphatic carbocycles. The number of thiophene rings is 6. The molecule has 4 N–H and O–H groups in total. The molecule has 0 saturated carbocycles. The molecular weight excluding hydrogens is 1120 g/mol. The van der Waals surface area contributed by atoms with Crippen LogP contribution in [0.5, 0.6) is 0 Å². The van der Waals surface area contributed by atoms with Gasteiger partial charge < -0.3 is 11.5 Å². The minimum Gasteiger partial charge on any atom is -0.398 e. The number of rotatable bonds is 28. The number of anilines is 2. The summed E-state index contributed by atoms with van der Waals surface area (Å²) in [5.74, 6) is 1.19. The number of hydrogen-bond acceptors (Lipinski definition) is 14. The normalized spacial score (nSPS) is 13.8. The molecule has 0 fully saturated rings. The molecule has 0 saturated heterocycles. The molecule has 414 valence electrons. The SMILES string of the molecule is CCCCCCc1ccc(-c2ccc(-c3cc(N)c(-c4cc5c(s4)-c4sc(-c6c(N)cc(-c7ccc(-c8ccc(CCCCCC)s8)s7)c7nsnc67)cc4C5(CC(CC)CCCC)CC(CC)CCCC)c4nsnc34)s2)s1. The van der Waals surface area contributed by atoms with Gasteiger partial charge in [-0.15, -0.1) is 68.0 Å². The van der Waals surface area contributed by atoms with Crippen LogP contribution in [0.4, 0.5) is 11.4 Å². The Morgan fingerprint density at radius 1 is 0.405 bits per heavy atom. The van der Waals surface area contributed by atoms with Crippen molar-refractivity contribution in [3.63, 3.8) is 0 Å². The Balaban J connectivity index is 0.992. The van der Waals surface area contributed by atoms with Crippen LogP contribution in [0.15, 0.2) is 72.8 Å². The predicted molar refractivity (Wildman–Crippen MR) is 355 cm³/mol. The van der Waals surface area contributed by atoms with Crippen LogP contribution in [0.2, 0.25) is 0 Å². The van der Waals surface area contributed by atoms with Crippen molar-refractivity contribution in [2.75, 3.05) is 11.5 Å². The highest BCUT2D eigenvalue weighted by molar-refractivity contribution is 7.26. The van der Waals surface area contributed by atoms with Crippen molar-refractivity contribution in [3.05, 3.63) is 93.7 Å². The van der Waals surface area contributed by atoms with E-state index in [-0.39, 0.29) is 5.41 Å². The first-order valence-electron chi connectivity index (χ1n) is 29.5. The number of fused-ring (bicyclic) bond motifs is 5. The molecule has 14 heteroatoms. The third kappa shape index (κ3) is 11.5. The Kier molecular flexibility index (Phi) is 18.4. The predicted octanol–water partition coefficient (Wildman–Crippen LogP) is 23.0. The van der Waals surface area contributed by atoms with E-state index in [1.807, 2.05) is 68.0 Å². The average Bonchev–Trinajstić information content (AvgIpc) is 3.45. The van der Waals surface area contributed by atoms with Gasteiger partial charge in [0.15, 0.2) is 0 Å². The summed E-state index contributed by atoms with van der Waals surface area (Å²) in [7, 11) is 0. The van der Waals surface area contributed by atoms with Crippen molar-refractivity contribution in [2.24, 2.45) is 11.8 Å². The van der Waals surface area contributed by atoms with E-state index in [4.69, 9.17) is 29.0 Å². The monoisotopic (exact) mass is 1200 g/mol. The first-order valence-corrected chi connectivity index (χ1v) is 35.8. The minimum absolute atomic E-state index is 0.172. The van der Waals surface area contributed by atoms with Gasteiger partial charge in [-0.1, -0.05) is 131 Å². The molecule has 0 amide bonds. The zero-order valence-corrected chi connectivity index (χ0v) is 53.5. The quantitative estimate of drug-likeness (QED) is 0.0374. The highest BCUT2D eigenvalue weighted by Crippen LogP contribution is 2.64. The number of aryl methyl sites for hydroxylation is 2. The van der Waals surface area contributed by atoms with Crippen molar-refractivity contribution in [2.45, 2.75) is 175 Å². The van der Waals surface area contributed by atoms with Crippen LogP contribution in [0.3, 0.4) is 0 Å². The van der Waals surface area contributed by atoms with E-state index in [1.54, 1.807) is 0 Å². The van der Waals surface area contributed by atoms with Crippen LogP contribution in [0.25, 0.3) is 93.1 Å². The van der Waals surface area contributed by atoms with Gasteiger partial charge in [-0.2, -0.15) is 17.5 Å². The number of benzene rings is 2. The Labute approximate surface area is 501 Å². The molecule has 2 atom stereocenters. The Morgan fingerprint density at radius 3 is 1.22 bits per heavy atom. The number of hydrogen-bond donors (Lipinski definition) is 2. The summed E-state index contributed by atoms with van der Waals surface area (Å²) < 4.78 is 20.2. The van der Waals surface area contributed by atoms with E-state index < -0.39 is 0 Å². The van der Waals surface area contributed by atoms with Gasteiger partial charge in [-0.3, -0.25) is 0 Å². The summed E-state index contributed by atoms with van der Waals surface area (Å²) in [5.41, 5.74) is 27.0.